The van der Waals surface area contributed by atoms with Crippen LogP contribution in [0.5, 0.6) is 0 Å². The zero-order chi connectivity index (χ0) is 18.4. The zero-order valence-electron chi connectivity index (χ0n) is 15.7. The van der Waals surface area contributed by atoms with E-state index in [1.165, 1.54) is 0 Å². The highest BCUT2D eigenvalue weighted by molar-refractivity contribution is 7.98. The molecule has 6 nitrogen and oxygen atoms in total. The third-order valence-corrected chi connectivity index (χ3v) is 5.60. The predicted molar refractivity (Wildman–Crippen MR) is 96.3 cm³/mol. The Bertz CT molecular complexity index is 538. The van der Waals surface area contributed by atoms with Crippen molar-refractivity contribution < 1.29 is 23.7 Å². The molecule has 0 aromatic rings. The molecule has 0 aromatic carbocycles. The summed E-state index contributed by atoms with van der Waals surface area (Å²) < 4.78 is 23.4. The normalized spacial score (nSPS) is 38.8. The van der Waals surface area contributed by atoms with Crippen molar-refractivity contribution in [2.75, 3.05) is 18.6 Å². The maximum absolute atomic E-state index is 13.1. The van der Waals surface area contributed by atoms with E-state index >= 15 is 0 Å². The van der Waals surface area contributed by atoms with Gasteiger partial charge in [-0.05, 0) is 46.1 Å². The van der Waals surface area contributed by atoms with Crippen LogP contribution in [0.25, 0.3) is 0 Å². The van der Waals surface area contributed by atoms with Gasteiger partial charge in [-0.2, -0.15) is 11.8 Å². The number of rotatable bonds is 6. The van der Waals surface area contributed by atoms with Gasteiger partial charge in [-0.1, -0.05) is 6.08 Å². The van der Waals surface area contributed by atoms with Crippen LogP contribution in [0.3, 0.4) is 0 Å². The van der Waals surface area contributed by atoms with Crippen molar-refractivity contribution in [2.45, 2.75) is 76.1 Å². The molecule has 0 aliphatic carbocycles. The second-order valence-corrected chi connectivity index (χ2v) is 8.71. The molecule has 7 heteroatoms. The molecule has 142 valence electrons. The number of hydrogen-bond acceptors (Lipinski definition) is 6. The molecule has 0 spiro atoms. The standard InChI is InChI=1S/C18H29NO5S/c1-7-12-13(24-18(4,5)23-12)14-15(22-14)16(20)19-11(8-9-25-6)10-21-17(19,2)3/h7,11-15H,1,8-10H2,2-6H3/t11-,12+,13-,14+,15-/m0/s1. The SMILES string of the molecule is C=C[C@H]1OC(C)(C)O[C@@H]1[C@H]1O[C@@H]1C(=O)N1[C@@H](CCSC)COC1(C)C. The van der Waals surface area contributed by atoms with Crippen molar-refractivity contribution in [3.8, 4) is 0 Å². The van der Waals surface area contributed by atoms with E-state index in [4.69, 9.17) is 18.9 Å². The number of epoxide rings is 1. The summed E-state index contributed by atoms with van der Waals surface area (Å²) in [5, 5.41) is 0. The summed E-state index contributed by atoms with van der Waals surface area (Å²) in [6, 6.07) is 0.0900. The van der Waals surface area contributed by atoms with E-state index in [0.717, 1.165) is 12.2 Å². The van der Waals surface area contributed by atoms with Gasteiger partial charge in [0, 0.05) is 0 Å². The molecular formula is C18H29NO5S. The third kappa shape index (κ3) is 3.76. The minimum Gasteiger partial charge on any atom is -0.356 e. The van der Waals surface area contributed by atoms with Gasteiger partial charge in [0.25, 0.3) is 5.91 Å². The van der Waals surface area contributed by atoms with Crippen LogP contribution < -0.4 is 0 Å². The fourth-order valence-electron chi connectivity index (χ4n) is 3.76. The minimum atomic E-state index is -0.694. The van der Waals surface area contributed by atoms with E-state index in [-0.39, 0.29) is 30.3 Å². The lowest BCUT2D eigenvalue weighted by atomic mass is 10.1. The molecular weight excluding hydrogens is 342 g/mol. The van der Waals surface area contributed by atoms with E-state index in [1.54, 1.807) is 17.8 Å². The van der Waals surface area contributed by atoms with Crippen LogP contribution >= 0.6 is 11.8 Å². The van der Waals surface area contributed by atoms with Crippen molar-refractivity contribution in [1.82, 2.24) is 4.90 Å². The van der Waals surface area contributed by atoms with Gasteiger partial charge in [-0.3, -0.25) is 4.79 Å². The quantitative estimate of drug-likeness (QED) is 0.527. The van der Waals surface area contributed by atoms with E-state index < -0.39 is 17.6 Å². The molecule has 0 saturated carbocycles. The smallest absolute Gasteiger partial charge is 0.257 e. The molecule has 0 N–H and O–H groups in total. The number of nitrogens with zero attached hydrogens (tertiary/aromatic N) is 1. The molecule has 3 aliphatic rings. The Morgan fingerprint density at radius 1 is 1.28 bits per heavy atom. The Hall–Kier alpha value is -0.600. The molecule has 1 amide bonds. The van der Waals surface area contributed by atoms with Crippen LogP contribution in [0.4, 0.5) is 0 Å². The number of carbonyl (C=O) groups excluding carboxylic acids is 1. The molecule has 3 rings (SSSR count). The molecule has 3 fully saturated rings. The van der Waals surface area contributed by atoms with Crippen molar-refractivity contribution in [1.29, 1.82) is 0 Å². The summed E-state index contributed by atoms with van der Waals surface area (Å²) in [6.07, 6.45) is 3.33. The molecule has 0 bridgehead atoms. The lowest BCUT2D eigenvalue weighted by Crippen LogP contribution is -2.50. The summed E-state index contributed by atoms with van der Waals surface area (Å²) in [6.45, 7) is 12.0. The molecule has 0 unspecified atom stereocenters. The Morgan fingerprint density at radius 3 is 2.64 bits per heavy atom. The lowest BCUT2D eigenvalue weighted by molar-refractivity contribution is -0.148. The number of carbonyl (C=O) groups is 1. The van der Waals surface area contributed by atoms with Crippen molar-refractivity contribution in [2.24, 2.45) is 0 Å². The average Bonchev–Trinajstić information content (AvgIpc) is 3.18. The van der Waals surface area contributed by atoms with Gasteiger partial charge >= 0.3 is 0 Å². The predicted octanol–water partition coefficient (Wildman–Crippen LogP) is 2.18. The molecule has 0 radical (unpaired) electrons. The fourth-order valence-corrected chi connectivity index (χ4v) is 4.27. The number of amides is 1. The second kappa shape index (κ2) is 6.85. The van der Waals surface area contributed by atoms with Crippen molar-refractivity contribution >= 4 is 17.7 Å². The lowest BCUT2D eigenvalue weighted by Gasteiger charge is -2.33. The van der Waals surface area contributed by atoms with E-state index in [0.29, 0.717) is 6.61 Å². The van der Waals surface area contributed by atoms with E-state index in [2.05, 4.69) is 12.8 Å². The van der Waals surface area contributed by atoms with Gasteiger partial charge in [-0.25, -0.2) is 0 Å². The molecule has 25 heavy (non-hydrogen) atoms. The van der Waals surface area contributed by atoms with Gasteiger partial charge in [0.2, 0.25) is 0 Å². The first-order valence-electron chi connectivity index (χ1n) is 8.80. The largest absolute Gasteiger partial charge is 0.356 e. The third-order valence-electron chi connectivity index (χ3n) is 4.96. The first-order chi connectivity index (χ1) is 11.7. The molecule has 3 aliphatic heterocycles. The topological polar surface area (TPSA) is 60.5 Å². The summed E-state index contributed by atoms with van der Waals surface area (Å²) >= 11 is 1.78. The van der Waals surface area contributed by atoms with Gasteiger partial charge in [0.05, 0.1) is 12.6 Å². The van der Waals surface area contributed by atoms with E-state index in [1.807, 2.05) is 32.6 Å². The number of hydrogen-bond donors (Lipinski definition) is 0. The molecule has 3 heterocycles. The Labute approximate surface area is 154 Å². The van der Waals surface area contributed by atoms with Crippen LogP contribution in [0.2, 0.25) is 0 Å². The van der Waals surface area contributed by atoms with Gasteiger partial charge < -0.3 is 23.8 Å². The minimum absolute atomic E-state index is 0.0188. The molecule has 0 aromatic heterocycles. The average molecular weight is 371 g/mol. The van der Waals surface area contributed by atoms with Crippen molar-refractivity contribution in [3.05, 3.63) is 12.7 Å². The van der Waals surface area contributed by atoms with Gasteiger partial charge in [0.15, 0.2) is 11.9 Å². The fraction of sp³-hybridized carbons (Fsp3) is 0.833. The highest BCUT2D eigenvalue weighted by atomic mass is 32.2. The zero-order valence-corrected chi connectivity index (χ0v) is 16.5. The summed E-state index contributed by atoms with van der Waals surface area (Å²) in [7, 11) is 0. The summed E-state index contributed by atoms with van der Waals surface area (Å²) in [5.74, 6) is 0.282. The highest BCUT2D eigenvalue weighted by Gasteiger charge is 2.60. The van der Waals surface area contributed by atoms with Crippen LogP contribution in [-0.2, 0) is 23.7 Å². The first-order valence-corrected chi connectivity index (χ1v) is 10.2. The maximum Gasteiger partial charge on any atom is 0.257 e. The monoisotopic (exact) mass is 371 g/mol. The van der Waals surface area contributed by atoms with Crippen LogP contribution in [0, 0.1) is 0 Å². The van der Waals surface area contributed by atoms with Gasteiger partial charge in [-0.15, -0.1) is 6.58 Å². The Morgan fingerprint density at radius 2 is 2.00 bits per heavy atom. The van der Waals surface area contributed by atoms with E-state index in [9.17, 15) is 4.79 Å². The summed E-state index contributed by atoms with van der Waals surface area (Å²) in [4.78, 5) is 15.0. The molecule has 3 saturated heterocycles. The maximum atomic E-state index is 13.1. The van der Waals surface area contributed by atoms with Crippen LogP contribution in [0.15, 0.2) is 12.7 Å². The van der Waals surface area contributed by atoms with Crippen molar-refractivity contribution in [3.63, 3.8) is 0 Å². The Kier molecular flexibility index (Phi) is 5.25. The Balaban J connectivity index is 1.68. The van der Waals surface area contributed by atoms with Crippen LogP contribution in [0.1, 0.15) is 34.1 Å². The highest BCUT2D eigenvalue weighted by Crippen LogP contribution is 2.41. The number of thioether (sulfide) groups is 1. The number of ether oxygens (including phenoxy) is 4. The summed E-state index contributed by atoms with van der Waals surface area (Å²) in [5.41, 5.74) is -0.610. The van der Waals surface area contributed by atoms with Gasteiger partial charge in [0.1, 0.15) is 24.0 Å². The van der Waals surface area contributed by atoms with Crippen LogP contribution in [-0.4, -0.2) is 71.4 Å². The first kappa shape index (κ1) is 19.2. The molecule has 5 atom stereocenters. The second-order valence-electron chi connectivity index (χ2n) is 7.72.